The molecule has 0 radical (unpaired) electrons. The molecular formula is C86H108N2O45. The lowest BCUT2D eigenvalue weighted by Gasteiger charge is -2.53. The average Bonchev–Trinajstić information content (AvgIpc) is 1.25. The normalized spacial score (nSPS) is 29.2. The van der Waals surface area contributed by atoms with Gasteiger partial charge in [0, 0.05) is 111 Å². The number of carbonyl (C=O) groups is 19. The predicted octanol–water partition coefficient (Wildman–Crippen LogP) is 1.28. The molecule has 732 valence electrons. The number of benzene rings is 2. The number of hydrogen-bond donors (Lipinski definition) is 0. The molecule has 2 aromatic carbocycles. The maximum atomic E-state index is 15.6. The quantitative estimate of drug-likeness (QED) is 0.0298. The van der Waals surface area contributed by atoms with Crippen molar-refractivity contribution in [2.45, 2.75) is 296 Å². The topological polar surface area (TPSA) is 571 Å². The van der Waals surface area contributed by atoms with Crippen molar-refractivity contribution in [3.63, 3.8) is 0 Å². The zero-order chi connectivity index (χ0) is 98.3. The number of allylic oxidation sites excluding steroid dienone is 1. The summed E-state index contributed by atoms with van der Waals surface area (Å²) in [5.41, 5.74) is 0.0256. The predicted molar refractivity (Wildman–Crippen MR) is 430 cm³/mol. The van der Waals surface area contributed by atoms with Gasteiger partial charge in [0.2, 0.25) is 11.8 Å². The largest absolute Gasteiger partial charge is 0.465 e. The van der Waals surface area contributed by atoms with Crippen molar-refractivity contribution in [3.8, 4) is 0 Å². The number of carbonyl (C=O) groups excluding carboxylic acids is 19. The lowest BCUT2D eigenvalue weighted by atomic mass is 9.86. The molecule has 26 atom stereocenters. The number of rotatable bonds is 40. The molecule has 133 heavy (non-hydrogen) atoms. The van der Waals surface area contributed by atoms with Gasteiger partial charge >= 0.3 is 89.5 Å². The Morgan fingerprint density at radius 1 is 0.436 bits per heavy atom. The molecule has 2 aromatic rings. The Morgan fingerprint density at radius 2 is 0.842 bits per heavy atom. The summed E-state index contributed by atoms with van der Waals surface area (Å²) in [6.07, 6.45) is -49.1. The van der Waals surface area contributed by atoms with Crippen LogP contribution in [0.25, 0.3) is 0 Å². The zero-order valence-corrected chi connectivity index (χ0v) is 75.8. The average molecular weight is 1890 g/mol. The number of fused-ring (bicyclic) bond motifs is 1. The second-order valence-electron chi connectivity index (χ2n) is 30.9. The van der Waals surface area contributed by atoms with Gasteiger partial charge < -0.3 is 123 Å². The summed E-state index contributed by atoms with van der Waals surface area (Å²) in [5, 5.41) is 0. The Labute approximate surface area is 760 Å². The maximum Gasteiger partial charge on any atom is 0.366 e. The van der Waals surface area contributed by atoms with Crippen molar-refractivity contribution in [2.75, 3.05) is 46.8 Å². The van der Waals surface area contributed by atoms with Crippen LogP contribution in [-0.2, 0) is 211 Å². The van der Waals surface area contributed by atoms with E-state index in [9.17, 15) is 76.7 Å². The highest BCUT2D eigenvalue weighted by Gasteiger charge is 2.67. The second kappa shape index (κ2) is 48.6. The summed E-state index contributed by atoms with van der Waals surface area (Å²) in [7, 11) is 0.749. The number of ether oxygens (including phenoxy) is 26. The Bertz CT molecular complexity index is 4530. The van der Waals surface area contributed by atoms with Crippen LogP contribution in [0.4, 0.5) is 0 Å². The van der Waals surface area contributed by atoms with Crippen molar-refractivity contribution < 1.29 is 214 Å². The first kappa shape index (κ1) is 106. The number of hydrogen-bond acceptors (Lipinski definition) is 45. The Kier molecular flexibility index (Phi) is 38.9. The van der Waals surface area contributed by atoms with Crippen LogP contribution in [0.5, 0.6) is 0 Å². The number of esters is 15. The highest BCUT2D eigenvalue weighted by Crippen LogP contribution is 2.46. The van der Waals surface area contributed by atoms with Crippen LogP contribution in [0.2, 0.25) is 0 Å². The third-order valence-electron chi connectivity index (χ3n) is 20.5. The van der Waals surface area contributed by atoms with E-state index in [2.05, 4.69) is 6.58 Å². The molecule has 47 nitrogen and oxygen atoms in total. The molecule has 0 bridgehead atoms. The van der Waals surface area contributed by atoms with Crippen LogP contribution < -0.4 is 0 Å². The SMILES string of the molecule is C=CCCCO[C@@H]1O[C@H](CO[C@@H]2O[C@H](COC(C)=O)[C@@H](O[C@@H]3O[C@H](COC(C)=O)[C@H](OC(C)=O)[C@H](OC(C)=O)[C@H]3OC(C)=O)[C@H](OC(C)=O)[C@H]2OC(C)=O)[C@@H](O[C@@H]2O[C@H](COC(C)=O)[C@H](OC(C)=O)[C@H](O[C@]3(C(=O)OC)C[C@H](OC(C)=O)[C@@H](N(C(C)=O)C(C)=O)[C@H]([C@H](OC(C)=O)[C@@H](COC(C)=O)OC(C)=O)O3)[C@H]2OC(C)=O)[C@H](OCc2ccccc2)[C@H]1N1C(=O)c2ccccc2C1=O. The highest BCUT2D eigenvalue weighted by atomic mass is 16.8. The molecular weight excluding hydrogens is 1780 g/mol. The van der Waals surface area contributed by atoms with Crippen molar-refractivity contribution in [2.24, 2.45) is 0 Å². The van der Waals surface area contributed by atoms with Crippen LogP contribution in [0.3, 0.4) is 0 Å². The standard InChI is InChI=1S/C86H108N2O45/c1-19-20-26-31-109-81-65(88-79(105)56-29-24-25-30-57(56)80(88)106)71(114-33-55-27-22-21-23-28-55)66(63(126-81)38-115-82-76(123-52(15)102)74(122-51(14)101)69(61(127-82)36-112-43(6)93)131-83-77(124-53(16)103)73(121-50(13)100)68(119-48(11)98)60(128-83)35-111-42(5)92)130-84-78(125-54(17)104)75(70(120-49(12)99)62(129-84)37-113-44(7)94)133-86(85(107)108-18)32-58(116-45(8)95)64(87(39(2)89)40(3)90)72(132-86)67(118-47(10)97)59(117-46(9)96)34-110-41(4)91/h19,21-25,27-30,58-78,81-84H,1,20,26,31-38H2,2-18H3/t58-,59+,60+,61+,62+,63+,64+,65+,66+,67+,68-,69+,70-,71+,72+,73-,74-,75-,76+,77+,78+,81+,82+,83-,84-,86-/m0/s1. The van der Waals surface area contributed by atoms with E-state index < -0.39 is 318 Å². The van der Waals surface area contributed by atoms with Gasteiger partial charge in [-0.3, -0.25) is 96.1 Å². The molecule has 0 saturated carbocycles. The van der Waals surface area contributed by atoms with Gasteiger partial charge in [-0.25, -0.2) is 4.79 Å². The van der Waals surface area contributed by atoms with E-state index in [1.165, 1.54) is 30.3 Å². The van der Waals surface area contributed by atoms with E-state index in [0.717, 1.165) is 123 Å². The fraction of sp³-hybridized carbons (Fsp3) is 0.616. The van der Waals surface area contributed by atoms with Crippen LogP contribution in [0, 0.1) is 0 Å². The molecule has 0 N–H and O–H groups in total. The third kappa shape index (κ3) is 28.6. The molecule has 5 fully saturated rings. The molecule has 6 aliphatic heterocycles. The van der Waals surface area contributed by atoms with Gasteiger partial charge in [-0.05, 0) is 30.5 Å². The van der Waals surface area contributed by atoms with Gasteiger partial charge in [0.15, 0.2) is 80.1 Å². The smallest absolute Gasteiger partial charge is 0.366 e. The van der Waals surface area contributed by atoms with E-state index >= 15 is 14.4 Å². The van der Waals surface area contributed by atoms with Gasteiger partial charge in [-0.2, -0.15) is 0 Å². The lowest BCUT2D eigenvalue weighted by molar-refractivity contribution is -0.389. The summed E-state index contributed by atoms with van der Waals surface area (Å²) in [4.78, 5) is 263. The minimum absolute atomic E-state index is 0.141. The monoisotopic (exact) mass is 1890 g/mol. The number of imide groups is 2. The minimum atomic E-state index is -3.48. The number of amides is 4. The van der Waals surface area contributed by atoms with Crippen LogP contribution in [0.15, 0.2) is 67.3 Å². The van der Waals surface area contributed by atoms with E-state index in [0.29, 0.717) is 10.5 Å². The Morgan fingerprint density at radius 3 is 1.29 bits per heavy atom. The number of nitrogens with zero attached hydrogens (tertiary/aromatic N) is 2. The lowest BCUT2D eigenvalue weighted by Crippen LogP contribution is -2.73. The summed E-state index contributed by atoms with van der Waals surface area (Å²) in [6, 6.07) is 9.52. The number of unbranched alkanes of at least 4 members (excludes halogenated alkanes) is 1. The first-order valence-corrected chi connectivity index (χ1v) is 41.7. The van der Waals surface area contributed by atoms with Crippen molar-refractivity contribution in [3.05, 3.63) is 83.9 Å². The van der Waals surface area contributed by atoms with Gasteiger partial charge in [0.1, 0.15) is 99.6 Å². The van der Waals surface area contributed by atoms with E-state index in [1.807, 2.05) is 0 Å². The van der Waals surface area contributed by atoms with Crippen molar-refractivity contribution >= 4 is 113 Å². The highest BCUT2D eigenvalue weighted by molar-refractivity contribution is 6.21. The summed E-state index contributed by atoms with van der Waals surface area (Å²) >= 11 is 0. The van der Waals surface area contributed by atoms with Crippen LogP contribution in [0.1, 0.15) is 156 Å². The van der Waals surface area contributed by atoms with Crippen molar-refractivity contribution in [1.29, 1.82) is 0 Å². The van der Waals surface area contributed by atoms with E-state index in [4.69, 9.17) is 123 Å². The molecule has 4 amide bonds. The maximum absolute atomic E-state index is 15.6. The third-order valence-corrected chi connectivity index (χ3v) is 20.5. The molecule has 5 saturated heterocycles. The minimum Gasteiger partial charge on any atom is -0.465 e. The van der Waals surface area contributed by atoms with Crippen molar-refractivity contribution in [1.82, 2.24) is 9.80 Å². The molecule has 8 rings (SSSR count). The van der Waals surface area contributed by atoms with Gasteiger partial charge in [-0.1, -0.05) is 48.5 Å². The molecule has 6 heterocycles. The van der Waals surface area contributed by atoms with E-state index in [-0.39, 0.29) is 30.6 Å². The molecule has 47 heteroatoms. The van der Waals surface area contributed by atoms with Crippen LogP contribution in [-0.4, -0.2) is 329 Å². The first-order valence-electron chi connectivity index (χ1n) is 41.7. The molecule has 6 aliphatic rings. The summed E-state index contributed by atoms with van der Waals surface area (Å²) < 4.78 is 160. The molecule has 0 spiro atoms. The summed E-state index contributed by atoms with van der Waals surface area (Å²) in [5.74, 6) is -25.5. The van der Waals surface area contributed by atoms with E-state index in [1.54, 1.807) is 30.3 Å². The molecule has 0 aliphatic carbocycles. The fourth-order valence-electron chi connectivity index (χ4n) is 15.8. The molecule has 0 unspecified atom stereocenters. The second-order valence-corrected chi connectivity index (χ2v) is 30.9. The first-order chi connectivity index (χ1) is 62.8. The van der Waals surface area contributed by atoms with Gasteiger partial charge in [-0.15, -0.1) is 6.58 Å². The number of methoxy groups -OCH3 is 1. The van der Waals surface area contributed by atoms with Gasteiger partial charge in [0.25, 0.3) is 17.6 Å². The fourth-order valence-corrected chi connectivity index (χ4v) is 15.8. The Balaban J connectivity index is 1.42. The van der Waals surface area contributed by atoms with Crippen LogP contribution >= 0.6 is 0 Å². The zero-order valence-electron chi connectivity index (χ0n) is 75.8. The Hall–Kier alpha value is -11.9. The summed E-state index contributed by atoms with van der Waals surface area (Å²) in [6.45, 7) is 12.1. The van der Waals surface area contributed by atoms with Gasteiger partial charge in [0.05, 0.1) is 44.5 Å². The molecule has 0 aromatic heterocycles.